The number of carbonyl (C=O) groups excluding carboxylic acids is 1. The van der Waals surface area contributed by atoms with Crippen LogP contribution in [0.4, 0.5) is 11.6 Å². The number of aromatic hydroxyl groups is 1. The molecule has 0 amide bonds. The molecule has 5 N–H and O–H groups in total. The maximum absolute atomic E-state index is 11.3. The van der Waals surface area contributed by atoms with Gasteiger partial charge in [0.15, 0.2) is 11.6 Å². The first-order valence-corrected chi connectivity index (χ1v) is 4.95. The molecule has 0 atom stereocenters. The highest BCUT2D eigenvalue weighted by molar-refractivity contribution is 6.02. The lowest BCUT2D eigenvalue weighted by Gasteiger charge is -2.03. The molecule has 1 aromatic carbocycles. The van der Waals surface area contributed by atoms with Gasteiger partial charge in [0.2, 0.25) is 0 Å². The summed E-state index contributed by atoms with van der Waals surface area (Å²) in [5, 5.41) is 13.2. The quantitative estimate of drug-likeness (QED) is 0.668. The van der Waals surface area contributed by atoms with Gasteiger partial charge in [-0.2, -0.15) is 0 Å². The Morgan fingerprint density at radius 2 is 1.88 bits per heavy atom. The van der Waals surface area contributed by atoms with Gasteiger partial charge in [-0.1, -0.05) is 0 Å². The zero-order valence-electron chi connectivity index (χ0n) is 9.21. The molecule has 1 heterocycles. The zero-order chi connectivity index (χ0) is 12.6. The molecule has 0 unspecified atom stereocenters. The maximum atomic E-state index is 11.3. The summed E-state index contributed by atoms with van der Waals surface area (Å²) in [5.41, 5.74) is 12.3. The number of rotatable bonds is 2. The molecule has 6 nitrogen and oxygen atoms in total. The molecule has 0 aliphatic heterocycles. The van der Waals surface area contributed by atoms with E-state index < -0.39 is 0 Å². The fourth-order valence-corrected chi connectivity index (χ4v) is 1.60. The molecule has 0 bridgehead atoms. The monoisotopic (exact) mass is 232 g/mol. The second-order valence-corrected chi connectivity index (χ2v) is 3.63. The molecule has 2 rings (SSSR count). The van der Waals surface area contributed by atoms with Gasteiger partial charge in [0, 0.05) is 0 Å². The third-order valence-electron chi connectivity index (χ3n) is 2.39. The highest BCUT2D eigenvalue weighted by atomic mass is 16.3. The van der Waals surface area contributed by atoms with Crippen molar-refractivity contribution >= 4 is 17.4 Å². The smallest absolute Gasteiger partial charge is 0.167 e. The summed E-state index contributed by atoms with van der Waals surface area (Å²) in [7, 11) is 0. The zero-order valence-corrected chi connectivity index (χ0v) is 9.21. The number of carbonyl (C=O) groups is 1. The number of hydrogen-bond donors (Lipinski definition) is 3. The van der Waals surface area contributed by atoms with Crippen LogP contribution >= 0.6 is 0 Å². The van der Waals surface area contributed by atoms with Gasteiger partial charge in [0.25, 0.3) is 0 Å². The number of anilines is 2. The third-order valence-corrected chi connectivity index (χ3v) is 2.39. The number of nitrogen functional groups attached to an aromatic ring is 2. The molecular weight excluding hydrogens is 220 g/mol. The molecule has 1 aromatic heterocycles. The summed E-state index contributed by atoms with van der Waals surface area (Å²) in [5.74, 6) is 0.202. The van der Waals surface area contributed by atoms with Crippen LogP contribution in [-0.2, 0) is 0 Å². The van der Waals surface area contributed by atoms with Crippen molar-refractivity contribution in [3.05, 3.63) is 29.8 Å². The second kappa shape index (κ2) is 3.82. The Kier molecular flexibility index (Phi) is 2.47. The van der Waals surface area contributed by atoms with Crippen LogP contribution in [0.3, 0.4) is 0 Å². The fourth-order valence-electron chi connectivity index (χ4n) is 1.60. The number of benzene rings is 1. The van der Waals surface area contributed by atoms with Crippen LogP contribution in [0.1, 0.15) is 17.3 Å². The largest absolute Gasteiger partial charge is 0.508 e. The number of aromatic nitrogens is 2. The Labute approximate surface area is 97.5 Å². The van der Waals surface area contributed by atoms with Crippen LogP contribution in [0.15, 0.2) is 24.3 Å². The molecule has 0 aliphatic carbocycles. The number of phenolic OH excluding ortho intramolecular Hbond substituents is 1. The van der Waals surface area contributed by atoms with Gasteiger partial charge in [-0.3, -0.25) is 4.79 Å². The summed E-state index contributed by atoms with van der Waals surface area (Å²) < 4.78 is 1.37. The first-order valence-electron chi connectivity index (χ1n) is 4.95. The van der Waals surface area contributed by atoms with Gasteiger partial charge in [0.1, 0.15) is 17.1 Å². The minimum Gasteiger partial charge on any atom is -0.508 e. The van der Waals surface area contributed by atoms with Crippen molar-refractivity contribution in [2.75, 3.05) is 11.5 Å². The van der Waals surface area contributed by atoms with Crippen LogP contribution in [0, 0.1) is 0 Å². The first kappa shape index (κ1) is 11.0. The van der Waals surface area contributed by atoms with Crippen LogP contribution in [0.2, 0.25) is 0 Å². The molecule has 88 valence electrons. The Morgan fingerprint density at radius 3 is 2.35 bits per heavy atom. The summed E-state index contributed by atoms with van der Waals surface area (Å²) >= 11 is 0. The van der Waals surface area contributed by atoms with Crippen molar-refractivity contribution in [2.45, 2.75) is 6.92 Å². The van der Waals surface area contributed by atoms with Crippen LogP contribution in [0.5, 0.6) is 5.75 Å². The van der Waals surface area contributed by atoms with Crippen LogP contribution in [-0.4, -0.2) is 20.7 Å². The average molecular weight is 232 g/mol. The van der Waals surface area contributed by atoms with Gasteiger partial charge in [0.05, 0.1) is 5.69 Å². The van der Waals surface area contributed by atoms with E-state index in [1.807, 2.05) is 0 Å². The molecule has 0 saturated heterocycles. The number of Topliss-reactive ketones (excluding diaryl/α,β-unsaturated/α-hetero) is 1. The minimum absolute atomic E-state index is 0.100. The lowest BCUT2D eigenvalue weighted by Crippen LogP contribution is -2.04. The molecule has 0 spiro atoms. The number of hydrogen-bond acceptors (Lipinski definition) is 5. The molecule has 6 heteroatoms. The van der Waals surface area contributed by atoms with E-state index in [0.717, 1.165) is 0 Å². The van der Waals surface area contributed by atoms with Crippen LogP contribution < -0.4 is 11.5 Å². The van der Waals surface area contributed by atoms with E-state index in [4.69, 9.17) is 11.5 Å². The van der Waals surface area contributed by atoms with E-state index in [-0.39, 0.29) is 28.7 Å². The van der Waals surface area contributed by atoms with Crippen molar-refractivity contribution in [1.82, 2.24) is 9.78 Å². The molecule has 0 radical (unpaired) electrons. The Hall–Kier alpha value is -2.50. The maximum Gasteiger partial charge on any atom is 0.167 e. The first-order chi connectivity index (χ1) is 8.00. The van der Waals surface area contributed by atoms with Gasteiger partial charge < -0.3 is 16.6 Å². The molecule has 0 aliphatic rings. The Balaban J connectivity index is 2.57. The van der Waals surface area contributed by atoms with E-state index in [1.54, 1.807) is 12.1 Å². The van der Waals surface area contributed by atoms with E-state index in [9.17, 15) is 9.90 Å². The molecule has 17 heavy (non-hydrogen) atoms. The van der Waals surface area contributed by atoms with E-state index in [2.05, 4.69) is 5.10 Å². The Bertz CT molecular complexity index is 572. The van der Waals surface area contributed by atoms with Gasteiger partial charge in [-0.05, 0) is 31.2 Å². The number of ketones is 1. The highest BCUT2D eigenvalue weighted by Crippen LogP contribution is 2.24. The SMILES string of the molecule is CC(=O)c1c(N)nn(-c2ccc(O)cc2)c1N. The summed E-state index contributed by atoms with van der Waals surface area (Å²) in [4.78, 5) is 11.3. The number of nitrogens with zero attached hydrogens (tertiary/aromatic N) is 2. The Morgan fingerprint density at radius 1 is 1.29 bits per heavy atom. The molecule has 0 saturated carbocycles. The normalized spacial score (nSPS) is 10.4. The molecule has 2 aromatic rings. The van der Waals surface area contributed by atoms with E-state index >= 15 is 0 Å². The summed E-state index contributed by atoms with van der Waals surface area (Å²) in [6.45, 7) is 1.38. The topological polar surface area (TPSA) is 107 Å². The fraction of sp³-hybridized carbons (Fsp3) is 0.0909. The van der Waals surface area contributed by atoms with Crippen LogP contribution in [0.25, 0.3) is 5.69 Å². The highest BCUT2D eigenvalue weighted by Gasteiger charge is 2.17. The summed E-state index contributed by atoms with van der Waals surface area (Å²) in [6, 6.07) is 6.25. The minimum atomic E-state index is -0.231. The molecular formula is C11H12N4O2. The predicted octanol–water partition coefficient (Wildman–Crippen LogP) is 0.945. The second-order valence-electron chi connectivity index (χ2n) is 3.63. The lowest BCUT2D eigenvalue weighted by atomic mass is 10.2. The van der Waals surface area contributed by atoms with Gasteiger partial charge >= 0.3 is 0 Å². The lowest BCUT2D eigenvalue weighted by molar-refractivity contribution is 0.101. The number of nitrogens with two attached hydrogens (primary N) is 2. The average Bonchev–Trinajstić information content (AvgIpc) is 2.55. The van der Waals surface area contributed by atoms with Gasteiger partial charge in [-0.25, -0.2) is 4.68 Å². The summed E-state index contributed by atoms with van der Waals surface area (Å²) in [6.07, 6.45) is 0. The van der Waals surface area contributed by atoms with E-state index in [0.29, 0.717) is 5.69 Å². The van der Waals surface area contributed by atoms with Crippen molar-refractivity contribution in [3.63, 3.8) is 0 Å². The van der Waals surface area contributed by atoms with Crippen molar-refractivity contribution in [2.24, 2.45) is 0 Å². The van der Waals surface area contributed by atoms with Crippen molar-refractivity contribution in [3.8, 4) is 11.4 Å². The predicted molar refractivity (Wildman–Crippen MR) is 64.1 cm³/mol. The molecule has 0 fully saturated rings. The van der Waals surface area contributed by atoms with Crippen molar-refractivity contribution < 1.29 is 9.90 Å². The number of phenols is 1. The standard InChI is InChI=1S/C11H12N4O2/c1-6(16)9-10(12)14-15(11(9)13)7-2-4-8(17)5-3-7/h2-5,17H,13H2,1H3,(H2,12,14). The van der Waals surface area contributed by atoms with Gasteiger partial charge in [-0.15, -0.1) is 5.10 Å². The van der Waals surface area contributed by atoms with E-state index in [1.165, 1.54) is 23.7 Å². The third kappa shape index (κ3) is 1.80. The van der Waals surface area contributed by atoms with Crippen molar-refractivity contribution in [1.29, 1.82) is 0 Å².